The van der Waals surface area contributed by atoms with E-state index in [1.165, 1.54) is 7.11 Å². The van der Waals surface area contributed by atoms with Crippen LogP contribution in [0.2, 0.25) is 0 Å². The average Bonchev–Trinajstić information content (AvgIpc) is 2.99. The van der Waals surface area contributed by atoms with Crippen LogP contribution in [-0.4, -0.2) is 30.3 Å². The molecule has 1 N–H and O–H groups in total. The molecule has 1 heterocycles. The minimum absolute atomic E-state index is 0.238. The van der Waals surface area contributed by atoms with E-state index in [4.69, 9.17) is 13.9 Å². The molecule has 7 heteroatoms. The van der Waals surface area contributed by atoms with Crippen molar-refractivity contribution in [3.8, 4) is 11.5 Å². The molecule has 1 atom stereocenters. The highest BCUT2D eigenvalue weighted by Crippen LogP contribution is 2.28. The summed E-state index contributed by atoms with van der Waals surface area (Å²) in [4.78, 5) is 12.6. The number of hydrogen-bond acceptors (Lipinski definition) is 6. The molecule has 0 bridgehead atoms. The molecule has 0 fully saturated rings. The topological polar surface area (TPSA) is 86.5 Å². The van der Waals surface area contributed by atoms with Gasteiger partial charge in [-0.2, -0.15) is 0 Å². The molecule has 0 saturated carbocycles. The fraction of sp³-hybridized carbons (Fsp3) is 0.471. The molecule has 0 spiro atoms. The number of hydrogen-bond donors (Lipinski definition) is 1. The van der Waals surface area contributed by atoms with Gasteiger partial charge in [-0.3, -0.25) is 4.79 Å². The second kappa shape index (κ2) is 7.81. The van der Waals surface area contributed by atoms with Gasteiger partial charge in [0.25, 0.3) is 5.91 Å². The molecule has 0 aliphatic carbocycles. The third-order valence-electron chi connectivity index (χ3n) is 3.50. The normalized spacial score (nSPS) is 12.1. The molecule has 1 amide bonds. The molecule has 7 nitrogen and oxygen atoms in total. The van der Waals surface area contributed by atoms with E-state index in [2.05, 4.69) is 29.4 Å². The number of amides is 1. The lowest BCUT2D eigenvalue weighted by molar-refractivity contribution is 0.0923. The Bertz CT molecular complexity index is 697. The molecular formula is C17H23N3O4. The SMILES string of the molecule is COc1ccc(C(=O)NC(CC(C)C)c2nnc(C)o2)cc1OC. The Morgan fingerprint density at radius 3 is 2.46 bits per heavy atom. The quantitative estimate of drug-likeness (QED) is 0.838. The maximum Gasteiger partial charge on any atom is 0.252 e. The minimum atomic E-state index is -0.341. The van der Waals surface area contributed by atoms with Gasteiger partial charge in [0.1, 0.15) is 6.04 Å². The van der Waals surface area contributed by atoms with Gasteiger partial charge < -0.3 is 19.2 Å². The van der Waals surface area contributed by atoms with Gasteiger partial charge in [-0.05, 0) is 30.5 Å². The minimum Gasteiger partial charge on any atom is -0.493 e. The van der Waals surface area contributed by atoms with E-state index in [1.807, 2.05) is 0 Å². The molecule has 1 unspecified atom stereocenters. The Balaban J connectivity index is 2.21. The standard InChI is InChI=1S/C17H23N3O4/c1-10(2)8-13(17-20-19-11(3)24-17)18-16(21)12-6-7-14(22-4)15(9-12)23-5/h6-7,9-10,13H,8H2,1-5H3,(H,18,21). The van der Waals surface area contributed by atoms with Crippen molar-refractivity contribution in [1.29, 1.82) is 0 Å². The number of methoxy groups -OCH3 is 2. The predicted molar refractivity (Wildman–Crippen MR) is 88.2 cm³/mol. The second-order valence-corrected chi connectivity index (χ2v) is 5.88. The molecule has 24 heavy (non-hydrogen) atoms. The lowest BCUT2D eigenvalue weighted by Crippen LogP contribution is -2.29. The fourth-order valence-electron chi connectivity index (χ4n) is 2.36. The predicted octanol–water partition coefficient (Wildman–Crippen LogP) is 2.91. The Morgan fingerprint density at radius 2 is 1.92 bits per heavy atom. The van der Waals surface area contributed by atoms with Gasteiger partial charge in [0.2, 0.25) is 11.8 Å². The van der Waals surface area contributed by atoms with Gasteiger partial charge in [0.05, 0.1) is 14.2 Å². The summed E-state index contributed by atoms with van der Waals surface area (Å²) in [6.07, 6.45) is 0.695. The molecule has 0 radical (unpaired) electrons. The van der Waals surface area contributed by atoms with Crippen molar-refractivity contribution in [2.75, 3.05) is 14.2 Å². The number of nitrogens with one attached hydrogen (secondary N) is 1. The zero-order valence-electron chi connectivity index (χ0n) is 14.6. The lowest BCUT2D eigenvalue weighted by atomic mass is 10.0. The number of rotatable bonds is 7. The molecule has 2 rings (SSSR count). The van der Waals surface area contributed by atoms with E-state index >= 15 is 0 Å². The maximum atomic E-state index is 12.6. The first-order valence-corrected chi connectivity index (χ1v) is 7.77. The van der Waals surface area contributed by atoms with E-state index in [9.17, 15) is 4.79 Å². The zero-order chi connectivity index (χ0) is 17.7. The van der Waals surface area contributed by atoms with Crippen molar-refractivity contribution in [2.45, 2.75) is 33.2 Å². The zero-order valence-corrected chi connectivity index (χ0v) is 14.6. The fourth-order valence-corrected chi connectivity index (χ4v) is 2.36. The Labute approximate surface area is 141 Å². The summed E-state index contributed by atoms with van der Waals surface area (Å²) in [6.45, 7) is 5.86. The smallest absolute Gasteiger partial charge is 0.252 e. The van der Waals surface area contributed by atoms with Crippen molar-refractivity contribution >= 4 is 5.91 Å². The van der Waals surface area contributed by atoms with E-state index in [-0.39, 0.29) is 11.9 Å². The molecule has 2 aromatic rings. The molecular weight excluding hydrogens is 310 g/mol. The van der Waals surface area contributed by atoms with Crippen LogP contribution in [0.25, 0.3) is 0 Å². The van der Waals surface area contributed by atoms with Crippen molar-refractivity contribution in [3.63, 3.8) is 0 Å². The second-order valence-electron chi connectivity index (χ2n) is 5.88. The third-order valence-corrected chi connectivity index (χ3v) is 3.50. The van der Waals surface area contributed by atoms with Crippen LogP contribution in [-0.2, 0) is 0 Å². The van der Waals surface area contributed by atoms with E-state index in [0.717, 1.165) is 0 Å². The first-order valence-electron chi connectivity index (χ1n) is 7.77. The first-order chi connectivity index (χ1) is 11.4. The molecule has 130 valence electrons. The number of aryl methyl sites for hydroxylation is 1. The highest BCUT2D eigenvalue weighted by Gasteiger charge is 2.22. The summed E-state index contributed by atoms with van der Waals surface area (Å²) in [6, 6.07) is 4.68. The summed E-state index contributed by atoms with van der Waals surface area (Å²) in [5.41, 5.74) is 0.470. The van der Waals surface area contributed by atoms with Crippen molar-refractivity contribution in [1.82, 2.24) is 15.5 Å². The molecule has 0 aliphatic rings. The third kappa shape index (κ3) is 4.24. The van der Waals surface area contributed by atoms with E-state index < -0.39 is 0 Å². The van der Waals surface area contributed by atoms with Gasteiger partial charge in [-0.1, -0.05) is 13.8 Å². The Hall–Kier alpha value is -2.57. The van der Waals surface area contributed by atoms with Crippen LogP contribution in [0.5, 0.6) is 11.5 Å². The highest BCUT2D eigenvalue weighted by molar-refractivity contribution is 5.95. The van der Waals surface area contributed by atoms with Gasteiger partial charge in [-0.15, -0.1) is 10.2 Å². The maximum absolute atomic E-state index is 12.6. The van der Waals surface area contributed by atoms with Crippen LogP contribution in [0.4, 0.5) is 0 Å². The van der Waals surface area contributed by atoms with Crippen molar-refractivity contribution in [2.24, 2.45) is 5.92 Å². The number of carbonyl (C=O) groups excluding carboxylic acids is 1. The van der Waals surface area contributed by atoms with Gasteiger partial charge in [-0.25, -0.2) is 0 Å². The van der Waals surface area contributed by atoms with Gasteiger partial charge in [0, 0.05) is 12.5 Å². The Kier molecular flexibility index (Phi) is 5.78. The number of ether oxygens (including phenoxy) is 2. The largest absolute Gasteiger partial charge is 0.493 e. The van der Waals surface area contributed by atoms with Crippen molar-refractivity contribution in [3.05, 3.63) is 35.5 Å². The van der Waals surface area contributed by atoms with Crippen LogP contribution >= 0.6 is 0 Å². The van der Waals surface area contributed by atoms with E-state index in [1.54, 1.807) is 32.2 Å². The average molecular weight is 333 g/mol. The number of aromatic nitrogens is 2. The summed E-state index contributed by atoms with van der Waals surface area (Å²) in [5, 5.41) is 10.8. The van der Waals surface area contributed by atoms with E-state index in [0.29, 0.717) is 41.2 Å². The molecule has 0 saturated heterocycles. The lowest BCUT2D eigenvalue weighted by Gasteiger charge is -2.17. The monoisotopic (exact) mass is 333 g/mol. The van der Waals surface area contributed by atoms with Crippen molar-refractivity contribution < 1.29 is 18.7 Å². The highest BCUT2D eigenvalue weighted by atomic mass is 16.5. The number of benzene rings is 1. The van der Waals surface area contributed by atoms with Crippen LogP contribution < -0.4 is 14.8 Å². The number of carbonyl (C=O) groups is 1. The molecule has 0 aliphatic heterocycles. The first kappa shape index (κ1) is 17.8. The number of nitrogens with zero attached hydrogens (tertiary/aromatic N) is 2. The summed E-state index contributed by atoms with van der Waals surface area (Å²) >= 11 is 0. The summed E-state index contributed by atoms with van der Waals surface area (Å²) in [5.74, 6) is 2.07. The molecule has 1 aromatic carbocycles. The van der Waals surface area contributed by atoms with Crippen LogP contribution in [0.15, 0.2) is 22.6 Å². The Morgan fingerprint density at radius 1 is 1.21 bits per heavy atom. The van der Waals surface area contributed by atoms with Gasteiger partial charge >= 0.3 is 0 Å². The summed E-state index contributed by atoms with van der Waals surface area (Å²) < 4.78 is 15.9. The van der Waals surface area contributed by atoms with Gasteiger partial charge in [0.15, 0.2) is 11.5 Å². The van der Waals surface area contributed by atoms with Crippen LogP contribution in [0, 0.1) is 12.8 Å². The summed E-state index contributed by atoms with van der Waals surface area (Å²) in [7, 11) is 3.08. The molecule has 1 aromatic heterocycles. The van der Waals surface area contributed by atoms with Crippen LogP contribution in [0.3, 0.4) is 0 Å². The van der Waals surface area contributed by atoms with Crippen LogP contribution in [0.1, 0.15) is 48.4 Å².